The Bertz CT molecular complexity index is 1150. The first-order chi connectivity index (χ1) is 18.7. The molecule has 0 atom stereocenters. The van der Waals surface area contributed by atoms with Crippen molar-refractivity contribution in [3.05, 3.63) is 65.7 Å². The molecule has 0 radical (unpaired) electrons. The zero-order valence-corrected chi connectivity index (χ0v) is 23.1. The second kappa shape index (κ2) is 13.5. The minimum absolute atomic E-state index is 0.650. The number of aromatic nitrogens is 2. The van der Waals surface area contributed by atoms with Crippen molar-refractivity contribution in [2.45, 2.75) is 50.3 Å². The fourth-order valence-corrected chi connectivity index (χ4v) is 5.54. The van der Waals surface area contributed by atoms with Crippen LogP contribution in [-0.2, 0) is 0 Å². The molecule has 3 heterocycles. The Balaban J connectivity index is 1.19. The summed E-state index contributed by atoms with van der Waals surface area (Å²) in [4.78, 5) is 15.7. The third-order valence-corrected chi connectivity index (χ3v) is 7.89. The maximum Gasteiger partial charge on any atom is 0.229 e. The number of benzene rings is 2. The van der Waals surface area contributed by atoms with Crippen LogP contribution in [0.1, 0.15) is 49.7 Å². The summed E-state index contributed by atoms with van der Waals surface area (Å²) in [6, 6.07) is 18.7. The van der Waals surface area contributed by atoms with E-state index in [2.05, 4.69) is 51.5 Å². The standard InChI is InChI=1S/C30H38N6OS/c1-24-11-13-27(14-12-24)38-20-19-37-26-10-8-9-25(21-26)23-31-34-28-22-29(35-15-4-2-5-16-35)33-30(32-28)36-17-6-3-7-18-36/h8-14,21-23H,2-7,15-20H2,1H3,(H,32,33,34)/b31-23-. The number of thioether (sulfide) groups is 1. The highest BCUT2D eigenvalue weighted by Gasteiger charge is 2.19. The molecule has 5 rings (SSSR count). The number of nitrogens with one attached hydrogen (secondary N) is 1. The monoisotopic (exact) mass is 530 g/mol. The van der Waals surface area contributed by atoms with E-state index in [0.717, 1.165) is 60.8 Å². The summed E-state index contributed by atoms with van der Waals surface area (Å²) in [5.41, 5.74) is 5.42. The molecule has 200 valence electrons. The number of aryl methyl sites for hydroxylation is 1. The van der Waals surface area contributed by atoms with Crippen molar-refractivity contribution in [2.24, 2.45) is 5.10 Å². The molecule has 0 aliphatic carbocycles. The Morgan fingerprint density at radius 1 is 0.895 bits per heavy atom. The van der Waals surface area contributed by atoms with Gasteiger partial charge in [-0.05, 0) is 75.3 Å². The average Bonchev–Trinajstić information content (AvgIpc) is 2.97. The Hall–Kier alpha value is -3.26. The molecule has 0 unspecified atom stereocenters. The van der Waals surface area contributed by atoms with Crippen molar-refractivity contribution in [3.63, 3.8) is 0 Å². The quantitative estimate of drug-likeness (QED) is 0.141. The molecule has 2 aromatic carbocycles. The third-order valence-electron chi connectivity index (χ3n) is 6.91. The van der Waals surface area contributed by atoms with Crippen LogP contribution in [0.15, 0.2) is 64.6 Å². The third kappa shape index (κ3) is 7.63. The zero-order valence-electron chi connectivity index (χ0n) is 22.3. The molecule has 1 aromatic heterocycles. The predicted molar refractivity (Wildman–Crippen MR) is 159 cm³/mol. The SMILES string of the molecule is Cc1ccc(SCCOc2cccc(/C=N\Nc3cc(N4CCCCC4)nc(N4CCCCC4)n3)c2)cc1. The highest BCUT2D eigenvalue weighted by Crippen LogP contribution is 2.25. The summed E-state index contributed by atoms with van der Waals surface area (Å²) in [6.07, 6.45) is 9.22. The summed E-state index contributed by atoms with van der Waals surface area (Å²) in [6.45, 7) is 6.89. The van der Waals surface area contributed by atoms with Crippen LogP contribution in [-0.4, -0.2) is 54.7 Å². The summed E-state index contributed by atoms with van der Waals surface area (Å²) < 4.78 is 5.99. The Kier molecular flexibility index (Phi) is 9.37. The van der Waals surface area contributed by atoms with Gasteiger partial charge in [-0.2, -0.15) is 15.1 Å². The van der Waals surface area contributed by atoms with Crippen molar-refractivity contribution in [1.29, 1.82) is 0 Å². The second-order valence-electron chi connectivity index (χ2n) is 9.96. The van der Waals surface area contributed by atoms with Gasteiger partial charge in [-0.25, -0.2) is 0 Å². The average molecular weight is 531 g/mol. The first-order valence-corrected chi connectivity index (χ1v) is 14.8. The summed E-state index contributed by atoms with van der Waals surface area (Å²) >= 11 is 1.81. The van der Waals surface area contributed by atoms with Crippen molar-refractivity contribution in [1.82, 2.24) is 9.97 Å². The van der Waals surface area contributed by atoms with Gasteiger partial charge in [0, 0.05) is 42.9 Å². The van der Waals surface area contributed by atoms with E-state index in [1.807, 2.05) is 36.5 Å². The number of ether oxygens (including phenoxy) is 1. The molecule has 2 saturated heterocycles. The van der Waals surface area contributed by atoms with Gasteiger partial charge in [0.2, 0.25) is 5.95 Å². The first kappa shape index (κ1) is 26.4. The van der Waals surface area contributed by atoms with Crippen LogP contribution >= 0.6 is 11.8 Å². The number of hydrazone groups is 1. The first-order valence-electron chi connectivity index (χ1n) is 13.8. The predicted octanol–water partition coefficient (Wildman–Crippen LogP) is 6.38. The Morgan fingerprint density at radius 3 is 2.39 bits per heavy atom. The van der Waals surface area contributed by atoms with Gasteiger partial charge in [-0.3, -0.25) is 5.43 Å². The van der Waals surface area contributed by atoms with Crippen molar-refractivity contribution in [3.8, 4) is 5.75 Å². The molecule has 8 heteroatoms. The van der Waals surface area contributed by atoms with Crippen LogP contribution in [0, 0.1) is 6.92 Å². The van der Waals surface area contributed by atoms with Crippen LogP contribution in [0.2, 0.25) is 0 Å². The van der Waals surface area contributed by atoms with Gasteiger partial charge in [0.1, 0.15) is 11.6 Å². The van der Waals surface area contributed by atoms with Crippen LogP contribution in [0.4, 0.5) is 17.6 Å². The van der Waals surface area contributed by atoms with Crippen LogP contribution < -0.4 is 20.0 Å². The van der Waals surface area contributed by atoms with Gasteiger partial charge < -0.3 is 14.5 Å². The van der Waals surface area contributed by atoms with Crippen LogP contribution in [0.25, 0.3) is 0 Å². The summed E-state index contributed by atoms with van der Waals surface area (Å²) in [5, 5.41) is 4.51. The molecule has 0 bridgehead atoms. The fourth-order valence-electron chi connectivity index (χ4n) is 4.81. The minimum atomic E-state index is 0.650. The second-order valence-corrected chi connectivity index (χ2v) is 11.1. The van der Waals surface area contributed by atoms with E-state index in [0.29, 0.717) is 6.61 Å². The molecular formula is C30H38N6OS. The van der Waals surface area contributed by atoms with Gasteiger partial charge in [0.15, 0.2) is 5.82 Å². The summed E-state index contributed by atoms with van der Waals surface area (Å²) in [7, 11) is 0. The Morgan fingerprint density at radius 2 is 1.63 bits per heavy atom. The van der Waals surface area contributed by atoms with E-state index in [1.165, 1.54) is 49.0 Å². The maximum atomic E-state index is 5.99. The van der Waals surface area contributed by atoms with E-state index in [4.69, 9.17) is 14.7 Å². The number of anilines is 3. The molecular weight excluding hydrogens is 492 g/mol. The summed E-state index contributed by atoms with van der Waals surface area (Å²) in [5.74, 6) is 4.29. The normalized spacial score (nSPS) is 16.1. The molecule has 38 heavy (non-hydrogen) atoms. The molecule has 0 spiro atoms. The van der Waals surface area contributed by atoms with E-state index in [1.54, 1.807) is 11.8 Å². The van der Waals surface area contributed by atoms with Crippen LogP contribution in [0.3, 0.4) is 0 Å². The molecule has 0 amide bonds. The maximum absolute atomic E-state index is 5.99. The fraction of sp³-hybridized carbons (Fsp3) is 0.433. The number of rotatable bonds is 10. The number of hydrogen-bond acceptors (Lipinski definition) is 8. The van der Waals surface area contributed by atoms with Crippen molar-refractivity contribution >= 4 is 35.6 Å². The van der Waals surface area contributed by atoms with Crippen LogP contribution in [0.5, 0.6) is 5.75 Å². The molecule has 7 nitrogen and oxygen atoms in total. The topological polar surface area (TPSA) is 65.9 Å². The lowest BCUT2D eigenvalue weighted by Gasteiger charge is -2.31. The molecule has 0 saturated carbocycles. The number of hydrogen-bond donors (Lipinski definition) is 1. The van der Waals surface area contributed by atoms with E-state index in [-0.39, 0.29) is 0 Å². The largest absolute Gasteiger partial charge is 0.493 e. The van der Waals surface area contributed by atoms with Crippen molar-refractivity contribution < 1.29 is 4.74 Å². The Labute approximate surface area is 230 Å². The lowest BCUT2D eigenvalue weighted by Crippen LogP contribution is -2.33. The van der Waals surface area contributed by atoms with E-state index >= 15 is 0 Å². The van der Waals surface area contributed by atoms with Gasteiger partial charge in [-0.15, -0.1) is 11.8 Å². The highest BCUT2D eigenvalue weighted by atomic mass is 32.2. The van der Waals surface area contributed by atoms with Gasteiger partial charge in [-0.1, -0.05) is 29.8 Å². The minimum Gasteiger partial charge on any atom is -0.493 e. The zero-order chi connectivity index (χ0) is 26.0. The van der Waals surface area contributed by atoms with Gasteiger partial charge in [0.05, 0.1) is 12.8 Å². The smallest absolute Gasteiger partial charge is 0.229 e. The lowest BCUT2D eigenvalue weighted by molar-refractivity contribution is 0.344. The van der Waals surface area contributed by atoms with E-state index < -0.39 is 0 Å². The van der Waals surface area contributed by atoms with Gasteiger partial charge in [0.25, 0.3) is 0 Å². The molecule has 1 N–H and O–H groups in total. The number of piperidine rings is 2. The van der Waals surface area contributed by atoms with E-state index in [9.17, 15) is 0 Å². The lowest BCUT2D eigenvalue weighted by atomic mass is 10.1. The van der Waals surface area contributed by atoms with Crippen molar-refractivity contribution in [2.75, 3.05) is 53.8 Å². The van der Waals surface area contributed by atoms with Gasteiger partial charge >= 0.3 is 0 Å². The highest BCUT2D eigenvalue weighted by molar-refractivity contribution is 7.99. The molecule has 3 aromatic rings. The molecule has 2 aliphatic rings. The number of nitrogens with zero attached hydrogens (tertiary/aromatic N) is 5. The molecule has 2 fully saturated rings. The molecule has 2 aliphatic heterocycles.